The molecular weight excluding hydrogens is 300 g/mol. The van der Waals surface area contributed by atoms with Crippen molar-refractivity contribution in [3.05, 3.63) is 34.3 Å². The summed E-state index contributed by atoms with van der Waals surface area (Å²) in [6.45, 7) is 3.89. The first kappa shape index (κ1) is 16.6. The van der Waals surface area contributed by atoms with Gasteiger partial charge in [0.15, 0.2) is 0 Å². The molecule has 0 saturated heterocycles. The summed E-state index contributed by atoms with van der Waals surface area (Å²) in [7, 11) is 1.80. The van der Waals surface area contributed by atoms with Gasteiger partial charge in [-0.25, -0.2) is 0 Å². The third-order valence-electron chi connectivity index (χ3n) is 3.58. The molecule has 2 rings (SSSR count). The van der Waals surface area contributed by atoms with E-state index in [4.69, 9.17) is 0 Å². The average Bonchev–Trinajstić information content (AvgIpc) is 3.14. The van der Waals surface area contributed by atoms with Gasteiger partial charge in [0.25, 0.3) is 0 Å². The highest BCUT2D eigenvalue weighted by atomic mass is 32.1. The van der Waals surface area contributed by atoms with E-state index in [0.29, 0.717) is 12.8 Å². The van der Waals surface area contributed by atoms with E-state index in [9.17, 15) is 9.90 Å². The molecule has 0 aliphatic heterocycles. The minimum Gasteiger partial charge on any atom is -0.396 e. The molecule has 2 heterocycles. The van der Waals surface area contributed by atoms with E-state index in [2.05, 4.69) is 15.6 Å². The summed E-state index contributed by atoms with van der Waals surface area (Å²) in [4.78, 5) is 13.3. The first-order valence-corrected chi connectivity index (χ1v) is 8.09. The van der Waals surface area contributed by atoms with E-state index in [-0.39, 0.29) is 18.6 Å². The topological polar surface area (TPSA) is 80.0 Å². The van der Waals surface area contributed by atoms with Crippen molar-refractivity contribution < 1.29 is 9.90 Å². The first-order chi connectivity index (χ1) is 10.4. The monoisotopic (exact) mass is 322 g/mol. The summed E-state index contributed by atoms with van der Waals surface area (Å²) in [5, 5.41) is 22.5. The second-order valence-corrected chi connectivity index (χ2v) is 7.03. The van der Waals surface area contributed by atoms with Crippen LogP contribution < -0.4 is 5.32 Å². The highest BCUT2D eigenvalue weighted by Crippen LogP contribution is 2.35. The maximum atomic E-state index is 12.2. The van der Waals surface area contributed by atoms with Crippen molar-refractivity contribution in [1.29, 1.82) is 0 Å². The number of hydrogen-bond donors (Lipinski definition) is 2. The van der Waals surface area contributed by atoms with Crippen LogP contribution in [0.2, 0.25) is 0 Å². The number of hydrogen-bond acceptors (Lipinski definition) is 5. The Bertz CT molecular complexity index is 607. The van der Waals surface area contributed by atoms with E-state index >= 15 is 0 Å². The summed E-state index contributed by atoms with van der Waals surface area (Å²) in [5.41, 5.74) is 0.374. The fourth-order valence-corrected chi connectivity index (χ4v) is 3.17. The zero-order valence-electron chi connectivity index (χ0n) is 13.1. The van der Waals surface area contributed by atoms with Crippen LogP contribution in [0.1, 0.15) is 36.9 Å². The predicted molar refractivity (Wildman–Crippen MR) is 85.4 cm³/mol. The van der Waals surface area contributed by atoms with E-state index in [1.54, 1.807) is 23.1 Å². The molecule has 1 amide bonds. The smallest absolute Gasteiger partial charge is 0.220 e. The molecule has 0 radical (unpaired) electrons. The van der Waals surface area contributed by atoms with Crippen molar-refractivity contribution in [3.8, 4) is 0 Å². The van der Waals surface area contributed by atoms with Crippen molar-refractivity contribution in [2.75, 3.05) is 6.61 Å². The number of carbonyl (C=O) groups excluding carboxylic acids is 1. The lowest BCUT2D eigenvalue weighted by atomic mass is 9.84. The third-order valence-corrected chi connectivity index (χ3v) is 4.52. The second kappa shape index (κ2) is 7.02. The molecular formula is C15H22N4O2S. The molecule has 2 aromatic heterocycles. The lowest BCUT2D eigenvalue weighted by molar-refractivity contribution is -0.122. The molecule has 0 aliphatic carbocycles. The SMILES string of the molecule is Cn1cc(CCC(=O)NC(c2cccs2)C(C)(C)CO)nn1. The molecule has 1 atom stereocenters. The number of thiophene rings is 1. The molecule has 2 aromatic rings. The van der Waals surface area contributed by atoms with Gasteiger partial charge in [0, 0.05) is 36.4 Å². The minimum absolute atomic E-state index is 0.00000743. The molecule has 7 heteroatoms. The number of rotatable bonds is 7. The van der Waals surface area contributed by atoms with Crippen LogP contribution in [-0.4, -0.2) is 32.6 Å². The Kier molecular flexibility index (Phi) is 5.31. The van der Waals surface area contributed by atoms with Crippen LogP contribution in [0.25, 0.3) is 0 Å². The number of amides is 1. The van der Waals surface area contributed by atoms with E-state index in [1.807, 2.05) is 37.6 Å². The molecule has 22 heavy (non-hydrogen) atoms. The quantitative estimate of drug-likeness (QED) is 0.813. The Morgan fingerprint density at radius 2 is 2.32 bits per heavy atom. The zero-order chi connectivity index (χ0) is 16.2. The number of aromatic nitrogens is 3. The fourth-order valence-electron chi connectivity index (χ4n) is 2.18. The Balaban J connectivity index is 1.99. The zero-order valence-corrected chi connectivity index (χ0v) is 13.9. The lowest BCUT2D eigenvalue weighted by Gasteiger charge is -2.32. The third kappa shape index (κ3) is 4.14. The predicted octanol–water partition coefficient (Wildman–Crippen LogP) is 1.69. The molecule has 0 fully saturated rings. The number of nitrogens with one attached hydrogen (secondary N) is 1. The number of nitrogens with zero attached hydrogens (tertiary/aromatic N) is 3. The number of carbonyl (C=O) groups is 1. The Morgan fingerprint density at radius 1 is 1.55 bits per heavy atom. The minimum atomic E-state index is -0.424. The van der Waals surface area contributed by atoms with Gasteiger partial charge in [-0.2, -0.15) is 0 Å². The average molecular weight is 322 g/mol. The van der Waals surface area contributed by atoms with Crippen molar-refractivity contribution in [2.45, 2.75) is 32.7 Å². The molecule has 120 valence electrons. The van der Waals surface area contributed by atoms with Crippen molar-refractivity contribution in [1.82, 2.24) is 20.3 Å². The largest absolute Gasteiger partial charge is 0.396 e. The molecule has 0 bridgehead atoms. The molecule has 0 aliphatic rings. The van der Waals surface area contributed by atoms with Crippen LogP contribution >= 0.6 is 11.3 Å². The summed E-state index contributed by atoms with van der Waals surface area (Å²) in [6, 6.07) is 3.73. The van der Waals surface area contributed by atoms with E-state index < -0.39 is 5.41 Å². The van der Waals surface area contributed by atoms with Gasteiger partial charge in [0.2, 0.25) is 5.91 Å². The number of aliphatic hydroxyl groups is 1. The van der Waals surface area contributed by atoms with Gasteiger partial charge >= 0.3 is 0 Å². The molecule has 2 N–H and O–H groups in total. The van der Waals surface area contributed by atoms with Crippen LogP contribution in [0.3, 0.4) is 0 Å². The van der Waals surface area contributed by atoms with Crippen LogP contribution in [0.4, 0.5) is 0 Å². The maximum absolute atomic E-state index is 12.2. The van der Waals surface area contributed by atoms with Gasteiger partial charge < -0.3 is 10.4 Å². The van der Waals surface area contributed by atoms with Crippen LogP contribution in [0, 0.1) is 5.41 Å². The van der Waals surface area contributed by atoms with Crippen molar-refractivity contribution >= 4 is 17.2 Å². The highest BCUT2D eigenvalue weighted by molar-refractivity contribution is 7.10. The Hall–Kier alpha value is -1.73. The first-order valence-electron chi connectivity index (χ1n) is 7.21. The second-order valence-electron chi connectivity index (χ2n) is 6.05. The molecule has 6 nitrogen and oxygen atoms in total. The molecule has 0 saturated carbocycles. The number of aryl methyl sites for hydroxylation is 2. The van der Waals surface area contributed by atoms with Gasteiger partial charge in [-0.15, -0.1) is 16.4 Å². The highest BCUT2D eigenvalue weighted by Gasteiger charge is 2.32. The molecule has 1 unspecified atom stereocenters. The lowest BCUT2D eigenvalue weighted by Crippen LogP contribution is -2.39. The summed E-state index contributed by atoms with van der Waals surface area (Å²) >= 11 is 1.58. The van der Waals surface area contributed by atoms with Gasteiger partial charge in [0.1, 0.15) is 0 Å². The van der Waals surface area contributed by atoms with Crippen LogP contribution in [-0.2, 0) is 18.3 Å². The van der Waals surface area contributed by atoms with Gasteiger partial charge in [0.05, 0.1) is 18.3 Å². The van der Waals surface area contributed by atoms with E-state index in [1.165, 1.54) is 0 Å². The number of aliphatic hydroxyl groups excluding tert-OH is 1. The van der Waals surface area contributed by atoms with Gasteiger partial charge in [-0.05, 0) is 11.4 Å². The normalized spacial score (nSPS) is 13.1. The summed E-state index contributed by atoms with van der Waals surface area (Å²) in [5.74, 6) is -0.0504. The van der Waals surface area contributed by atoms with E-state index in [0.717, 1.165) is 10.6 Å². The van der Waals surface area contributed by atoms with Crippen molar-refractivity contribution in [3.63, 3.8) is 0 Å². The van der Waals surface area contributed by atoms with Crippen LogP contribution in [0.15, 0.2) is 23.7 Å². The standard InChI is InChI=1S/C15H22N4O2S/c1-15(2,10-20)14(12-5-4-8-22-12)16-13(21)7-6-11-9-19(3)18-17-11/h4-5,8-9,14,20H,6-7,10H2,1-3H3,(H,16,21). The Morgan fingerprint density at radius 3 is 2.86 bits per heavy atom. The van der Waals surface area contributed by atoms with Crippen LogP contribution in [0.5, 0.6) is 0 Å². The summed E-state index contributed by atoms with van der Waals surface area (Å²) < 4.78 is 1.62. The van der Waals surface area contributed by atoms with Crippen molar-refractivity contribution in [2.24, 2.45) is 12.5 Å². The maximum Gasteiger partial charge on any atom is 0.220 e. The van der Waals surface area contributed by atoms with Gasteiger partial charge in [-0.1, -0.05) is 25.1 Å². The summed E-state index contributed by atoms with van der Waals surface area (Å²) in [6.07, 6.45) is 2.71. The Labute approximate surface area is 134 Å². The molecule has 0 spiro atoms. The molecule has 0 aromatic carbocycles. The van der Waals surface area contributed by atoms with Gasteiger partial charge in [-0.3, -0.25) is 9.48 Å². The fraction of sp³-hybridized carbons (Fsp3) is 0.533.